The van der Waals surface area contributed by atoms with E-state index in [2.05, 4.69) is 0 Å². The van der Waals surface area contributed by atoms with Gasteiger partial charge in [-0.3, -0.25) is 0 Å². The summed E-state index contributed by atoms with van der Waals surface area (Å²) in [5, 5.41) is 0. The van der Waals surface area contributed by atoms with Gasteiger partial charge in [0.2, 0.25) is 0 Å². The van der Waals surface area contributed by atoms with Crippen LogP contribution in [0, 0.1) is 0 Å². The molecule has 0 heterocycles. The summed E-state index contributed by atoms with van der Waals surface area (Å²) in [4.78, 5) is 0. The Labute approximate surface area is 188 Å². The van der Waals surface area contributed by atoms with Gasteiger partial charge in [-0.05, 0) is 0 Å². The maximum atomic E-state index is 13.4. The van der Waals surface area contributed by atoms with Gasteiger partial charge in [0, 0.05) is 0 Å². The second-order valence-electron chi connectivity index (χ2n) is 6.50. The molecule has 0 aliphatic carbocycles. The third-order valence-corrected chi connectivity index (χ3v) is 4.65. The number of hydrogen-bond donors (Lipinski definition) is 1. The van der Waals surface area contributed by atoms with Crippen LogP contribution < -0.4 is 6.15 Å². The van der Waals surface area contributed by atoms with Gasteiger partial charge in [-0.25, -0.2) is 8.42 Å². The number of quaternary nitrogens is 1. The van der Waals surface area contributed by atoms with Crippen molar-refractivity contribution in [3.63, 3.8) is 0 Å². The van der Waals surface area contributed by atoms with E-state index in [4.69, 9.17) is 0 Å². The normalized spacial score (nSPS) is 16.5. The van der Waals surface area contributed by atoms with Crippen LogP contribution in [-0.2, 0) is 10.1 Å². The zero-order chi connectivity index (χ0) is 30.2. The summed E-state index contributed by atoms with van der Waals surface area (Å²) >= 11 is 0. The lowest BCUT2D eigenvalue weighted by molar-refractivity contribution is -0.473. The van der Waals surface area contributed by atoms with Crippen LogP contribution in [0.15, 0.2) is 0 Å². The highest BCUT2D eigenvalue weighted by Gasteiger charge is 2.97. The van der Waals surface area contributed by atoms with Gasteiger partial charge in [-0.15, -0.1) is 0 Å². The highest BCUT2D eigenvalue weighted by atomic mass is 32.2. The molecule has 0 fully saturated rings. The third kappa shape index (κ3) is 4.95. The van der Waals surface area contributed by atoms with Gasteiger partial charge in [0.1, 0.15) is 15.9 Å². The molecule has 0 saturated carbocycles. The van der Waals surface area contributed by atoms with E-state index in [-0.39, 0.29) is 6.15 Å². The van der Waals surface area contributed by atoms with Gasteiger partial charge in [0.05, 0.1) is 0 Å². The van der Waals surface area contributed by atoms with E-state index >= 15 is 0 Å². The van der Waals surface area contributed by atoms with Crippen molar-refractivity contribution in [2.45, 2.75) is 59.5 Å². The lowest BCUT2D eigenvalue weighted by Gasteiger charge is -2.44. The molecule has 4 nitrogen and oxygen atoms in total. The topological polar surface area (TPSA) is 93.7 Å². The van der Waals surface area contributed by atoms with E-state index in [1.165, 1.54) is 0 Å². The van der Waals surface area contributed by atoms with Crippen LogP contribution >= 0.6 is 0 Å². The van der Waals surface area contributed by atoms with Crippen molar-refractivity contribution in [1.82, 2.24) is 6.15 Å². The molecule has 0 radical (unpaired) electrons. The molecule has 4 N–H and O–H groups in total. The van der Waals surface area contributed by atoms with Crippen LogP contribution in [0.3, 0.4) is 0 Å². The van der Waals surface area contributed by atoms with E-state index in [0.717, 1.165) is 0 Å². The molecule has 0 aliphatic heterocycles. The SMILES string of the molecule is O=S(=O)([O-])CC(F)(F)C(F)(F)C(F)(F)C(F)(F)C(F)(F)C(F)(F)C(F)(F)C(F)(F)C(F)(F)C(F)(F)F.[NH4+]. The summed E-state index contributed by atoms with van der Waals surface area (Å²) in [6.45, 7) is 0. The Morgan fingerprint density at radius 3 is 0.784 bits per heavy atom. The van der Waals surface area contributed by atoms with E-state index in [0.29, 0.717) is 0 Å². The number of halogens is 21. The first-order valence-corrected chi connectivity index (χ1v) is 8.94. The van der Waals surface area contributed by atoms with Gasteiger partial charge >= 0.3 is 59.5 Å². The molecular formula is C11H6F21NO3S. The minimum absolute atomic E-state index is 0. The molecule has 0 saturated heterocycles. The van der Waals surface area contributed by atoms with Gasteiger partial charge < -0.3 is 10.7 Å². The zero-order valence-corrected chi connectivity index (χ0v) is 17.1. The molecule has 0 rings (SSSR count). The fourth-order valence-electron chi connectivity index (χ4n) is 1.90. The van der Waals surface area contributed by atoms with Crippen LogP contribution in [0.5, 0.6) is 0 Å². The fourth-order valence-corrected chi connectivity index (χ4v) is 2.53. The second-order valence-corrected chi connectivity index (χ2v) is 7.90. The molecule has 0 aromatic rings. The van der Waals surface area contributed by atoms with E-state index < -0.39 is 75.4 Å². The summed E-state index contributed by atoms with van der Waals surface area (Å²) in [5.41, 5.74) is 0. The Kier molecular flexibility index (Phi) is 9.11. The average Bonchev–Trinajstić information content (AvgIpc) is 2.57. The van der Waals surface area contributed by atoms with E-state index in [1.807, 2.05) is 0 Å². The Bertz CT molecular complexity index is 936. The Morgan fingerprint density at radius 2 is 0.595 bits per heavy atom. The van der Waals surface area contributed by atoms with Crippen LogP contribution in [0.1, 0.15) is 0 Å². The van der Waals surface area contributed by atoms with E-state index in [1.54, 1.807) is 0 Å². The minimum Gasteiger partial charge on any atom is -0.748 e. The van der Waals surface area contributed by atoms with Crippen LogP contribution in [0.25, 0.3) is 0 Å². The standard InChI is InChI=1S/C11H3F21O3S.H3N/c12-2(13,1-36(33,34)35)3(14,15)4(16,17)5(18,19)6(20,21)7(22,23)8(24,25)9(26,27)10(28,29)11(30,31)32;/h1H2,(H,33,34,35);1H3. The maximum Gasteiger partial charge on any atom is 0.460 e. The highest BCUT2D eigenvalue weighted by molar-refractivity contribution is 7.85. The molecule has 0 unspecified atom stereocenters. The van der Waals surface area contributed by atoms with Crippen molar-refractivity contribution in [3.05, 3.63) is 0 Å². The number of alkyl halides is 21. The summed E-state index contributed by atoms with van der Waals surface area (Å²) < 4.78 is 302. The second kappa shape index (κ2) is 8.97. The Morgan fingerprint density at radius 1 is 0.405 bits per heavy atom. The summed E-state index contributed by atoms with van der Waals surface area (Å²) in [5.74, 6) is -83.6. The smallest absolute Gasteiger partial charge is 0.460 e. The lowest BCUT2D eigenvalue weighted by atomic mass is 9.86. The predicted octanol–water partition coefficient (Wildman–Crippen LogP) is 6.19. The third-order valence-electron chi connectivity index (χ3n) is 3.93. The first-order chi connectivity index (χ1) is 15.0. The molecule has 0 spiro atoms. The lowest BCUT2D eigenvalue weighted by Crippen LogP contribution is -2.77. The number of rotatable bonds is 10. The van der Waals surface area contributed by atoms with Crippen molar-refractivity contribution in [1.29, 1.82) is 0 Å². The largest absolute Gasteiger partial charge is 0.748 e. The van der Waals surface area contributed by atoms with Crippen molar-refractivity contribution >= 4 is 10.1 Å². The van der Waals surface area contributed by atoms with Gasteiger partial charge in [0.25, 0.3) is 0 Å². The summed E-state index contributed by atoms with van der Waals surface area (Å²) in [6, 6.07) is 0. The van der Waals surface area contributed by atoms with Crippen LogP contribution in [0.2, 0.25) is 0 Å². The highest BCUT2D eigenvalue weighted by Crippen LogP contribution is 2.66. The van der Waals surface area contributed by atoms with Crippen LogP contribution in [0.4, 0.5) is 92.2 Å². The maximum absolute atomic E-state index is 13.4. The molecule has 37 heavy (non-hydrogen) atoms. The minimum atomic E-state index is -9.33. The fraction of sp³-hybridized carbons (Fsp3) is 1.00. The Hall–Kier alpha value is -1.60. The van der Waals surface area contributed by atoms with Gasteiger partial charge in [0.15, 0.2) is 0 Å². The molecule has 0 aromatic carbocycles. The molecule has 0 bridgehead atoms. The molecule has 0 atom stereocenters. The first-order valence-electron chi connectivity index (χ1n) is 7.36. The monoisotopic (exact) mass is 631 g/mol. The van der Waals surface area contributed by atoms with E-state index in [9.17, 15) is 105 Å². The van der Waals surface area contributed by atoms with Crippen molar-refractivity contribution < 1.29 is 105 Å². The predicted molar refractivity (Wildman–Crippen MR) is 71.1 cm³/mol. The molecule has 0 aliphatic rings. The van der Waals surface area contributed by atoms with Crippen molar-refractivity contribution in [2.75, 3.05) is 5.75 Å². The number of hydrogen-bond acceptors (Lipinski definition) is 3. The molecule has 0 aromatic heterocycles. The quantitative estimate of drug-likeness (QED) is 0.230. The summed E-state index contributed by atoms with van der Waals surface area (Å²) in [6.07, 6.45) is -8.07. The molecule has 0 amide bonds. The summed E-state index contributed by atoms with van der Waals surface area (Å²) in [7, 11) is -6.91. The van der Waals surface area contributed by atoms with Crippen LogP contribution in [-0.4, -0.2) is 78.2 Å². The molecule has 26 heteroatoms. The van der Waals surface area contributed by atoms with Gasteiger partial charge in [-0.2, -0.15) is 92.2 Å². The van der Waals surface area contributed by atoms with Crippen molar-refractivity contribution in [3.8, 4) is 0 Å². The zero-order valence-electron chi connectivity index (χ0n) is 16.3. The van der Waals surface area contributed by atoms with Crippen molar-refractivity contribution in [2.24, 2.45) is 0 Å². The molecule has 226 valence electrons. The first kappa shape index (κ1) is 37.6. The molecular weight excluding hydrogens is 625 g/mol. The average molecular weight is 631 g/mol. The Balaban J connectivity index is 0. The van der Waals surface area contributed by atoms with Gasteiger partial charge in [-0.1, -0.05) is 0 Å².